The molecule has 1 unspecified atom stereocenters. The van der Waals surface area contributed by atoms with Gasteiger partial charge in [0.15, 0.2) is 0 Å². The van der Waals surface area contributed by atoms with Gasteiger partial charge in [0.25, 0.3) is 0 Å². The van der Waals surface area contributed by atoms with Crippen molar-refractivity contribution < 1.29 is 26.3 Å². The lowest BCUT2D eigenvalue weighted by Crippen LogP contribution is -2.33. The maximum atomic E-state index is 12.4. The minimum absolute atomic E-state index is 0.450. The predicted octanol–water partition coefficient (Wildman–Crippen LogP) is 5.26. The maximum Gasteiger partial charge on any atom is 0.390 e. The van der Waals surface area contributed by atoms with Crippen LogP contribution in [0.2, 0.25) is 0 Å². The van der Waals surface area contributed by atoms with Crippen LogP contribution in [0.3, 0.4) is 0 Å². The summed E-state index contributed by atoms with van der Waals surface area (Å²) in [5.41, 5.74) is 1.68. The first-order chi connectivity index (χ1) is 9.98. The number of nitrogens with zero attached hydrogens (tertiary/aromatic N) is 1. The van der Waals surface area contributed by atoms with Crippen LogP contribution in [0, 0.1) is 6.92 Å². The molecule has 0 fully saturated rings. The highest BCUT2D eigenvalue weighted by atomic mass is 19.4. The highest BCUT2D eigenvalue weighted by Gasteiger charge is 2.32. The van der Waals surface area contributed by atoms with Crippen molar-refractivity contribution >= 4 is 0 Å². The molecule has 22 heavy (non-hydrogen) atoms. The van der Waals surface area contributed by atoms with Crippen LogP contribution >= 0.6 is 0 Å². The Hall–Kier alpha value is -1.24. The van der Waals surface area contributed by atoms with Crippen LogP contribution in [0.15, 0.2) is 24.3 Å². The zero-order chi connectivity index (χ0) is 17.0. The number of halogens is 6. The van der Waals surface area contributed by atoms with E-state index >= 15 is 0 Å². The molecule has 0 spiro atoms. The molecular weight excluding hydrogens is 308 g/mol. The Morgan fingerprint density at radius 3 is 1.64 bits per heavy atom. The molecule has 1 aromatic rings. The molecule has 1 atom stereocenters. The fourth-order valence-corrected chi connectivity index (χ4v) is 2.10. The molecule has 126 valence electrons. The number of benzene rings is 1. The van der Waals surface area contributed by atoms with E-state index in [0.29, 0.717) is 5.56 Å². The second kappa shape index (κ2) is 7.35. The number of aryl methyl sites for hydroxylation is 1. The van der Waals surface area contributed by atoms with Crippen molar-refractivity contribution in [3.8, 4) is 0 Å². The lowest BCUT2D eigenvalue weighted by molar-refractivity contribution is -0.147. The van der Waals surface area contributed by atoms with Gasteiger partial charge in [-0.15, -0.1) is 0 Å². The summed E-state index contributed by atoms with van der Waals surface area (Å²) in [5, 5.41) is 0. The normalized spacial score (nSPS) is 14.4. The summed E-state index contributed by atoms with van der Waals surface area (Å²) in [6, 6.07) is 6.53. The van der Waals surface area contributed by atoms with Gasteiger partial charge in [-0.25, -0.2) is 0 Å². The third-order valence-electron chi connectivity index (χ3n) is 3.47. The van der Waals surface area contributed by atoms with Crippen molar-refractivity contribution in [3.05, 3.63) is 35.4 Å². The molecule has 0 amide bonds. The minimum atomic E-state index is -4.39. The second-order valence-corrected chi connectivity index (χ2v) is 5.35. The Labute approximate surface area is 125 Å². The van der Waals surface area contributed by atoms with E-state index < -0.39 is 44.3 Å². The summed E-state index contributed by atoms with van der Waals surface area (Å²) in [4.78, 5) is 1.23. The zero-order valence-electron chi connectivity index (χ0n) is 12.4. The third-order valence-corrected chi connectivity index (χ3v) is 3.47. The van der Waals surface area contributed by atoms with Crippen molar-refractivity contribution in [3.63, 3.8) is 0 Å². The van der Waals surface area contributed by atoms with Gasteiger partial charge in [0, 0.05) is 19.1 Å². The molecule has 7 heteroatoms. The van der Waals surface area contributed by atoms with Crippen molar-refractivity contribution in [1.82, 2.24) is 4.90 Å². The molecular formula is C15H19F6N. The van der Waals surface area contributed by atoms with E-state index in [2.05, 4.69) is 0 Å². The topological polar surface area (TPSA) is 3.24 Å². The molecule has 0 aromatic heterocycles. The van der Waals surface area contributed by atoms with Gasteiger partial charge in [0.2, 0.25) is 0 Å². The number of rotatable bonds is 6. The molecule has 0 bridgehead atoms. The van der Waals surface area contributed by atoms with E-state index in [1.807, 2.05) is 6.92 Å². The Morgan fingerprint density at radius 1 is 0.864 bits per heavy atom. The largest absolute Gasteiger partial charge is 0.390 e. The molecule has 0 aliphatic rings. The lowest BCUT2D eigenvalue weighted by Gasteiger charge is -2.30. The van der Waals surface area contributed by atoms with Gasteiger partial charge >= 0.3 is 12.4 Å². The fourth-order valence-electron chi connectivity index (χ4n) is 2.10. The van der Waals surface area contributed by atoms with Gasteiger partial charge in [0.1, 0.15) is 0 Å². The molecule has 0 N–H and O–H groups in total. The van der Waals surface area contributed by atoms with Crippen LogP contribution < -0.4 is 0 Å². The van der Waals surface area contributed by atoms with Gasteiger partial charge in [0.05, 0.1) is 12.8 Å². The molecule has 0 aliphatic carbocycles. The van der Waals surface area contributed by atoms with Crippen molar-refractivity contribution in [1.29, 1.82) is 0 Å². The van der Waals surface area contributed by atoms with Crippen LogP contribution in [-0.4, -0.2) is 30.3 Å². The fraction of sp³-hybridized carbons (Fsp3) is 0.600. The molecule has 1 aromatic carbocycles. The summed E-state index contributed by atoms with van der Waals surface area (Å²) in [6.45, 7) is 2.58. The average molecular weight is 327 g/mol. The standard InChI is InChI=1S/C15H19F6N/c1-11-3-5-13(6-4-11)12(2)22(9-7-14(16,17)18)10-8-15(19,20)21/h3-6,12H,7-10H2,1-2H3. The predicted molar refractivity (Wildman–Crippen MR) is 72.5 cm³/mol. The first kappa shape index (κ1) is 18.8. The number of hydrogen-bond donors (Lipinski definition) is 0. The maximum absolute atomic E-state index is 12.4. The molecule has 0 radical (unpaired) electrons. The average Bonchev–Trinajstić information content (AvgIpc) is 2.36. The Balaban J connectivity index is 2.80. The first-order valence-electron chi connectivity index (χ1n) is 6.92. The molecule has 1 nitrogen and oxygen atoms in total. The Morgan fingerprint density at radius 2 is 1.27 bits per heavy atom. The molecule has 1 rings (SSSR count). The van der Waals surface area contributed by atoms with Crippen molar-refractivity contribution in [2.45, 2.75) is 45.1 Å². The van der Waals surface area contributed by atoms with Crippen molar-refractivity contribution in [2.75, 3.05) is 13.1 Å². The quantitative estimate of drug-likeness (QED) is 0.644. The summed E-state index contributed by atoms with van der Waals surface area (Å²) in [7, 11) is 0. The smallest absolute Gasteiger partial charge is 0.296 e. The SMILES string of the molecule is Cc1ccc(C(C)N(CCC(F)(F)F)CCC(F)(F)F)cc1. The van der Waals surface area contributed by atoms with E-state index in [-0.39, 0.29) is 0 Å². The van der Waals surface area contributed by atoms with Crippen LogP contribution in [0.1, 0.15) is 36.9 Å². The van der Waals surface area contributed by atoms with Gasteiger partial charge in [-0.2, -0.15) is 26.3 Å². The van der Waals surface area contributed by atoms with Gasteiger partial charge in [-0.3, -0.25) is 4.90 Å². The van der Waals surface area contributed by atoms with E-state index in [4.69, 9.17) is 0 Å². The van der Waals surface area contributed by atoms with E-state index in [1.165, 1.54) is 4.90 Å². The van der Waals surface area contributed by atoms with Crippen LogP contribution in [0.25, 0.3) is 0 Å². The van der Waals surface area contributed by atoms with Gasteiger partial charge < -0.3 is 0 Å². The lowest BCUT2D eigenvalue weighted by atomic mass is 10.0. The van der Waals surface area contributed by atoms with Crippen LogP contribution in [0.4, 0.5) is 26.3 Å². The van der Waals surface area contributed by atoms with Crippen LogP contribution in [0.5, 0.6) is 0 Å². The monoisotopic (exact) mass is 327 g/mol. The Bertz CT molecular complexity index is 431. The molecule has 0 saturated carbocycles. The van der Waals surface area contributed by atoms with Crippen LogP contribution in [-0.2, 0) is 0 Å². The zero-order valence-corrected chi connectivity index (χ0v) is 12.4. The first-order valence-corrected chi connectivity index (χ1v) is 6.92. The van der Waals surface area contributed by atoms with Gasteiger partial charge in [-0.1, -0.05) is 29.8 Å². The second-order valence-electron chi connectivity index (χ2n) is 5.35. The number of alkyl halides is 6. The minimum Gasteiger partial charge on any atom is -0.296 e. The highest BCUT2D eigenvalue weighted by Crippen LogP contribution is 2.28. The Kier molecular flexibility index (Phi) is 6.28. The molecule has 0 heterocycles. The van der Waals surface area contributed by atoms with Gasteiger partial charge in [-0.05, 0) is 19.4 Å². The summed E-state index contributed by atoms with van der Waals surface area (Å²) >= 11 is 0. The van der Waals surface area contributed by atoms with E-state index in [1.54, 1.807) is 31.2 Å². The molecule has 0 aliphatic heterocycles. The molecule has 0 saturated heterocycles. The highest BCUT2D eigenvalue weighted by molar-refractivity contribution is 5.23. The number of hydrogen-bond acceptors (Lipinski definition) is 1. The summed E-state index contributed by atoms with van der Waals surface area (Å²) < 4.78 is 74.2. The third kappa shape index (κ3) is 7.15. The summed E-state index contributed by atoms with van der Waals surface area (Å²) in [5.74, 6) is 0. The summed E-state index contributed by atoms with van der Waals surface area (Å²) in [6.07, 6.45) is -11.0. The van der Waals surface area contributed by atoms with E-state index in [9.17, 15) is 26.3 Å². The van der Waals surface area contributed by atoms with Crippen molar-refractivity contribution in [2.24, 2.45) is 0 Å². The van der Waals surface area contributed by atoms with E-state index in [0.717, 1.165) is 5.56 Å².